The van der Waals surface area contributed by atoms with Crippen molar-refractivity contribution in [2.24, 2.45) is 5.92 Å². The first-order valence-electron chi connectivity index (χ1n) is 8.79. The van der Waals surface area contributed by atoms with E-state index in [2.05, 4.69) is 19.1 Å². The Morgan fingerprint density at radius 3 is 2.68 bits per heavy atom. The predicted octanol–water partition coefficient (Wildman–Crippen LogP) is 3.93. The Labute approximate surface area is 149 Å². The molecule has 1 aliphatic heterocycles. The molecule has 1 aliphatic rings. The number of hydrogen-bond donors (Lipinski definition) is 0. The van der Waals surface area contributed by atoms with Gasteiger partial charge >= 0.3 is 0 Å². The quantitative estimate of drug-likeness (QED) is 0.800. The van der Waals surface area contributed by atoms with E-state index in [9.17, 15) is 4.79 Å². The van der Waals surface area contributed by atoms with Gasteiger partial charge < -0.3 is 14.4 Å². The summed E-state index contributed by atoms with van der Waals surface area (Å²) in [5, 5.41) is 0. The fourth-order valence-electron chi connectivity index (χ4n) is 3.22. The van der Waals surface area contributed by atoms with Gasteiger partial charge in [0, 0.05) is 13.1 Å². The lowest BCUT2D eigenvalue weighted by molar-refractivity contribution is 0.0782. The SMILES string of the molecule is COc1ccccc1C(=O)N1CCC(CCOc2ccc(C)cc2)C1. The molecule has 0 N–H and O–H groups in total. The number of hydrogen-bond acceptors (Lipinski definition) is 3. The molecule has 2 aromatic carbocycles. The van der Waals surface area contributed by atoms with Crippen molar-refractivity contribution in [1.82, 2.24) is 4.90 Å². The van der Waals surface area contributed by atoms with E-state index in [-0.39, 0.29) is 5.91 Å². The molecule has 2 aromatic rings. The van der Waals surface area contributed by atoms with Gasteiger partial charge in [0.05, 0.1) is 19.3 Å². The van der Waals surface area contributed by atoms with Gasteiger partial charge in [0.15, 0.2) is 0 Å². The monoisotopic (exact) mass is 339 g/mol. The highest BCUT2D eigenvalue weighted by atomic mass is 16.5. The van der Waals surface area contributed by atoms with Crippen molar-refractivity contribution in [3.8, 4) is 11.5 Å². The largest absolute Gasteiger partial charge is 0.496 e. The van der Waals surface area contributed by atoms with Crippen molar-refractivity contribution in [2.45, 2.75) is 19.8 Å². The zero-order valence-corrected chi connectivity index (χ0v) is 14.9. The van der Waals surface area contributed by atoms with Crippen LogP contribution < -0.4 is 9.47 Å². The molecule has 0 saturated carbocycles. The lowest BCUT2D eigenvalue weighted by atomic mass is 10.1. The number of aryl methyl sites for hydroxylation is 1. The summed E-state index contributed by atoms with van der Waals surface area (Å²) in [5.74, 6) is 2.09. The molecule has 4 heteroatoms. The Morgan fingerprint density at radius 2 is 1.92 bits per heavy atom. The predicted molar refractivity (Wildman–Crippen MR) is 98.3 cm³/mol. The van der Waals surface area contributed by atoms with Crippen LogP contribution in [0.1, 0.15) is 28.8 Å². The second-order valence-corrected chi connectivity index (χ2v) is 6.56. The number of carbonyl (C=O) groups is 1. The average molecular weight is 339 g/mol. The maximum Gasteiger partial charge on any atom is 0.257 e. The van der Waals surface area contributed by atoms with Crippen LogP contribution in [0.5, 0.6) is 11.5 Å². The topological polar surface area (TPSA) is 38.8 Å². The van der Waals surface area contributed by atoms with Crippen molar-refractivity contribution >= 4 is 5.91 Å². The number of likely N-dealkylation sites (tertiary alicyclic amines) is 1. The number of carbonyl (C=O) groups excluding carboxylic acids is 1. The van der Waals surface area contributed by atoms with Gasteiger partial charge in [0.25, 0.3) is 5.91 Å². The first kappa shape index (κ1) is 17.3. The van der Waals surface area contributed by atoms with Gasteiger partial charge in [-0.05, 0) is 49.9 Å². The van der Waals surface area contributed by atoms with E-state index < -0.39 is 0 Å². The highest BCUT2D eigenvalue weighted by molar-refractivity contribution is 5.97. The summed E-state index contributed by atoms with van der Waals surface area (Å²) in [5.41, 5.74) is 1.87. The van der Waals surface area contributed by atoms with Crippen LogP contribution in [0.4, 0.5) is 0 Å². The smallest absolute Gasteiger partial charge is 0.257 e. The molecule has 1 fully saturated rings. The Kier molecular flexibility index (Phi) is 5.59. The molecule has 4 nitrogen and oxygen atoms in total. The third-order valence-electron chi connectivity index (χ3n) is 4.73. The van der Waals surface area contributed by atoms with Crippen LogP contribution in [0.15, 0.2) is 48.5 Å². The third-order valence-corrected chi connectivity index (χ3v) is 4.73. The summed E-state index contributed by atoms with van der Waals surface area (Å²) in [6.07, 6.45) is 1.99. The lowest BCUT2D eigenvalue weighted by Crippen LogP contribution is -2.29. The normalized spacial score (nSPS) is 16.7. The van der Waals surface area contributed by atoms with E-state index in [0.29, 0.717) is 23.8 Å². The maximum absolute atomic E-state index is 12.7. The van der Waals surface area contributed by atoms with Crippen molar-refractivity contribution in [3.63, 3.8) is 0 Å². The summed E-state index contributed by atoms with van der Waals surface area (Å²) in [6, 6.07) is 15.5. The number of rotatable bonds is 6. The van der Waals surface area contributed by atoms with Crippen LogP contribution in [0.3, 0.4) is 0 Å². The molecule has 1 amide bonds. The Balaban J connectivity index is 1.49. The summed E-state index contributed by atoms with van der Waals surface area (Å²) in [6.45, 7) is 4.33. The lowest BCUT2D eigenvalue weighted by Gasteiger charge is -2.18. The van der Waals surface area contributed by atoms with Gasteiger partial charge in [0.2, 0.25) is 0 Å². The van der Waals surface area contributed by atoms with Crippen LogP contribution in [0.2, 0.25) is 0 Å². The molecule has 0 aromatic heterocycles. The second-order valence-electron chi connectivity index (χ2n) is 6.56. The summed E-state index contributed by atoms with van der Waals surface area (Å²) in [4.78, 5) is 14.6. The van der Waals surface area contributed by atoms with Crippen LogP contribution in [-0.2, 0) is 0 Å². The number of amides is 1. The number of benzene rings is 2. The number of nitrogens with zero attached hydrogens (tertiary/aromatic N) is 1. The molecule has 132 valence electrons. The standard InChI is InChI=1S/C21H25NO3/c1-16-7-9-18(10-8-16)25-14-12-17-11-13-22(15-17)21(23)19-5-3-4-6-20(19)24-2/h3-10,17H,11-15H2,1-2H3. The van der Waals surface area contributed by atoms with E-state index in [1.165, 1.54) is 5.56 Å². The van der Waals surface area contributed by atoms with Gasteiger partial charge in [0.1, 0.15) is 11.5 Å². The van der Waals surface area contributed by atoms with E-state index in [4.69, 9.17) is 9.47 Å². The molecule has 1 heterocycles. The molecule has 25 heavy (non-hydrogen) atoms. The fraction of sp³-hybridized carbons (Fsp3) is 0.381. The minimum absolute atomic E-state index is 0.0550. The number of para-hydroxylation sites is 1. The van der Waals surface area contributed by atoms with E-state index in [1.807, 2.05) is 41.3 Å². The Bertz CT molecular complexity index is 711. The first-order chi connectivity index (χ1) is 12.2. The third kappa shape index (κ3) is 4.32. The molecular formula is C21H25NO3. The summed E-state index contributed by atoms with van der Waals surface area (Å²) in [7, 11) is 1.60. The minimum Gasteiger partial charge on any atom is -0.496 e. The van der Waals surface area contributed by atoms with Crippen LogP contribution >= 0.6 is 0 Å². The van der Waals surface area contributed by atoms with Crippen molar-refractivity contribution in [1.29, 1.82) is 0 Å². The fourth-order valence-corrected chi connectivity index (χ4v) is 3.22. The molecular weight excluding hydrogens is 314 g/mol. The molecule has 1 unspecified atom stereocenters. The Hall–Kier alpha value is -2.49. The number of methoxy groups -OCH3 is 1. The molecule has 1 saturated heterocycles. The number of ether oxygens (including phenoxy) is 2. The van der Waals surface area contributed by atoms with Gasteiger partial charge in [-0.25, -0.2) is 0 Å². The van der Waals surface area contributed by atoms with Gasteiger partial charge in [-0.2, -0.15) is 0 Å². The van der Waals surface area contributed by atoms with E-state index in [1.54, 1.807) is 7.11 Å². The summed E-state index contributed by atoms with van der Waals surface area (Å²) < 4.78 is 11.1. The zero-order chi connectivity index (χ0) is 17.6. The van der Waals surface area contributed by atoms with E-state index >= 15 is 0 Å². The molecule has 3 rings (SSSR count). The molecule has 1 atom stereocenters. The van der Waals surface area contributed by atoms with Crippen LogP contribution in [-0.4, -0.2) is 37.6 Å². The van der Waals surface area contributed by atoms with E-state index in [0.717, 1.165) is 31.7 Å². The maximum atomic E-state index is 12.7. The zero-order valence-electron chi connectivity index (χ0n) is 14.9. The van der Waals surface area contributed by atoms with Gasteiger partial charge in [-0.1, -0.05) is 29.8 Å². The van der Waals surface area contributed by atoms with Crippen LogP contribution in [0, 0.1) is 12.8 Å². The minimum atomic E-state index is 0.0550. The molecule has 0 spiro atoms. The van der Waals surface area contributed by atoms with Gasteiger partial charge in [-0.3, -0.25) is 4.79 Å². The van der Waals surface area contributed by atoms with Crippen molar-refractivity contribution in [3.05, 3.63) is 59.7 Å². The summed E-state index contributed by atoms with van der Waals surface area (Å²) >= 11 is 0. The van der Waals surface area contributed by atoms with Crippen molar-refractivity contribution in [2.75, 3.05) is 26.8 Å². The highest BCUT2D eigenvalue weighted by Crippen LogP contribution is 2.25. The first-order valence-corrected chi connectivity index (χ1v) is 8.79. The second kappa shape index (κ2) is 8.06. The van der Waals surface area contributed by atoms with Crippen LogP contribution in [0.25, 0.3) is 0 Å². The average Bonchev–Trinajstić information content (AvgIpc) is 3.11. The molecule has 0 radical (unpaired) electrons. The van der Waals surface area contributed by atoms with Gasteiger partial charge in [-0.15, -0.1) is 0 Å². The highest BCUT2D eigenvalue weighted by Gasteiger charge is 2.28. The molecule has 0 aliphatic carbocycles. The van der Waals surface area contributed by atoms with Crippen molar-refractivity contribution < 1.29 is 14.3 Å². The Morgan fingerprint density at radius 1 is 1.16 bits per heavy atom. The molecule has 0 bridgehead atoms.